The van der Waals surface area contributed by atoms with Crippen LogP contribution in [0.2, 0.25) is 5.02 Å². The first-order valence-corrected chi connectivity index (χ1v) is 5.58. The molecule has 0 saturated heterocycles. The largest absolute Gasteiger partial charge is 0.387 e. The highest BCUT2D eigenvalue weighted by Crippen LogP contribution is 2.26. The normalized spacial score (nSPS) is 15.3. The van der Waals surface area contributed by atoms with Crippen LogP contribution in [0.3, 0.4) is 0 Å². The van der Waals surface area contributed by atoms with Crippen molar-refractivity contribution in [3.8, 4) is 0 Å². The molecule has 0 bridgehead atoms. The second-order valence-electron chi connectivity index (χ2n) is 4.26. The lowest BCUT2D eigenvalue weighted by atomic mass is 9.95. The standard InChI is InChI=1S/C12H18ClNO/c1-8(2)7-11(14)12(15)9-5-3-4-6-10(9)13/h3-6,8,11-12,15H,7,14H2,1-2H3/t11-,12+/m0/s1. The van der Waals surface area contributed by atoms with E-state index in [4.69, 9.17) is 17.3 Å². The Hall–Kier alpha value is -0.570. The molecule has 15 heavy (non-hydrogen) atoms. The van der Waals surface area contributed by atoms with Crippen LogP contribution in [-0.4, -0.2) is 11.1 Å². The summed E-state index contributed by atoms with van der Waals surface area (Å²) < 4.78 is 0. The van der Waals surface area contributed by atoms with Crippen LogP contribution in [0.4, 0.5) is 0 Å². The highest BCUT2D eigenvalue weighted by atomic mass is 35.5. The van der Waals surface area contributed by atoms with Gasteiger partial charge in [-0.1, -0.05) is 43.6 Å². The van der Waals surface area contributed by atoms with Gasteiger partial charge in [-0.2, -0.15) is 0 Å². The summed E-state index contributed by atoms with van der Waals surface area (Å²) in [5.41, 5.74) is 6.63. The molecule has 1 aromatic rings. The molecule has 0 aromatic heterocycles. The molecule has 0 unspecified atom stereocenters. The highest BCUT2D eigenvalue weighted by Gasteiger charge is 2.19. The maximum absolute atomic E-state index is 10.0. The van der Waals surface area contributed by atoms with Crippen molar-refractivity contribution in [3.63, 3.8) is 0 Å². The van der Waals surface area contributed by atoms with Gasteiger partial charge in [0.15, 0.2) is 0 Å². The van der Waals surface area contributed by atoms with Gasteiger partial charge in [-0.25, -0.2) is 0 Å². The minimum Gasteiger partial charge on any atom is -0.387 e. The quantitative estimate of drug-likeness (QED) is 0.831. The summed E-state index contributed by atoms with van der Waals surface area (Å²) in [4.78, 5) is 0. The lowest BCUT2D eigenvalue weighted by molar-refractivity contribution is 0.136. The number of aliphatic hydroxyl groups excluding tert-OH is 1. The molecule has 0 aliphatic rings. The van der Waals surface area contributed by atoms with Crippen molar-refractivity contribution in [2.24, 2.45) is 11.7 Å². The monoisotopic (exact) mass is 227 g/mol. The molecule has 3 N–H and O–H groups in total. The Morgan fingerprint density at radius 2 is 1.93 bits per heavy atom. The Balaban J connectivity index is 2.76. The average Bonchev–Trinajstić information content (AvgIpc) is 2.16. The van der Waals surface area contributed by atoms with Crippen LogP contribution in [0.15, 0.2) is 24.3 Å². The zero-order valence-electron chi connectivity index (χ0n) is 9.15. The SMILES string of the molecule is CC(C)C[C@H](N)[C@H](O)c1ccccc1Cl. The Kier molecular flexibility index (Phi) is 4.58. The molecule has 0 heterocycles. The summed E-state index contributed by atoms with van der Waals surface area (Å²) in [7, 11) is 0. The maximum Gasteiger partial charge on any atom is 0.0955 e. The Labute approximate surface area is 96.1 Å². The molecule has 3 heteroatoms. The van der Waals surface area contributed by atoms with E-state index < -0.39 is 6.10 Å². The van der Waals surface area contributed by atoms with Crippen LogP contribution in [0.25, 0.3) is 0 Å². The van der Waals surface area contributed by atoms with E-state index in [0.29, 0.717) is 16.5 Å². The van der Waals surface area contributed by atoms with Crippen LogP contribution in [0.5, 0.6) is 0 Å². The molecule has 0 fully saturated rings. The fourth-order valence-corrected chi connectivity index (χ4v) is 1.87. The van der Waals surface area contributed by atoms with Crippen molar-refractivity contribution in [2.45, 2.75) is 32.4 Å². The lowest BCUT2D eigenvalue weighted by Gasteiger charge is -2.21. The third kappa shape index (κ3) is 3.49. The summed E-state index contributed by atoms with van der Waals surface area (Å²) in [6.45, 7) is 4.17. The van der Waals surface area contributed by atoms with E-state index in [2.05, 4.69) is 13.8 Å². The van der Waals surface area contributed by atoms with Crippen molar-refractivity contribution in [2.75, 3.05) is 0 Å². The second-order valence-corrected chi connectivity index (χ2v) is 4.67. The van der Waals surface area contributed by atoms with E-state index in [-0.39, 0.29) is 6.04 Å². The molecule has 0 aliphatic carbocycles. The summed E-state index contributed by atoms with van der Waals surface area (Å²) in [5.74, 6) is 0.470. The first-order valence-electron chi connectivity index (χ1n) is 5.20. The molecule has 0 amide bonds. The van der Waals surface area contributed by atoms with Gasteiger partial charge in [-0.3, -0.25) is 0 Å². The molecule has 1 rings (SSSR count). The van der Waals surface area contributed by atoms with Crippen molar-refractivity contribution < 1.29 is 5.11 Å². The van der Waals surface area contributed by atoms with Crippen LogP contribution >= 0.6 is 11.6 Å². The predicted octanol–water partition coefficient (Wildman–Crippen LogP) is 2.75. The minimum absolute atomic E-state index is 0.259. The van der Waals surface area contributed by atoms with Crippen LogP contribution in [0.1, 0.15) is 31.9 Å². The number of hydrogen-bond acceptors (Lipinski definition) is 2. The lowest BCUT2D eigenvalue weighted by Crippen LogP contribution is -2.30. The van der Waals surface area contributed by atoms with E-state index in [0.717, 1.165) is 6.42 Å². The predicted molar refractivity (Wildman–Crippen MR) is 63.8 cm³/mol. The average molecular weight is 228 g/mol. The topological polar surface area (TPSA) is 46.2 Å². The van der Waals surface area contributed by atoms with Crippen molar-refractivity contribution in [1.29, 1.82) is 0 Å². The van der Waals surface area contributed by atoms with Crippen LogP contribution in [-0.2, 0) is 0 Å². The fraction of sp³-hybridized carbons (Fsp3) is 0.500. The van der Waals surface area contributed by atoms with Gasteiger partial charge in [0, 0.05) is 16.6 Å². The molecular formula is C12H18ClNO. The summed E-state index contributed by atoms with van der Waals surface area (Å²) in [6.07, 6.45) is 0.105. The maximum atomic E-state index is 10.0. The van der Waals surface area contributed by atoms with E-state index in [1.807, 2.05) is 18.2 Å². The van der Waals surface area contributed by atoms with Gasteiger partial charge in [0.1, 0.15) is 0 Å². The minimum atomic E-state index is -0.680. The van der Waals surface area contributed by atoms with Gasteiger partial charge in [0.05, 0.1) is 6.10 Å². The second kappa shape index (κ2) is 5.50. The van der Waals surface area contributed by atoms with Crippen molar-refractivity contribution >= 4 is 11.6 Å². The third-order valence-corrected chi connectivity index (χ3v) is 2.72. The molecule has 1 aromatic carbocycles. The smallest absolute Gasteiger partial charge is 0.0955 e. The Morgan fingerprint density at radius 1 is 1.33 bits per heavy atom. The summed E-state index contributed by atoms with van der Waals surface area (Å²) in [6, 6.07) is 7.01. The third-order valence-electron chi connectivity index (χ3n) is 2.37. The van der Waals surface area contributed by atoms with Gasteiger partial charge in [0.25, 0.3) is 0 Å². The highest BCUT2D eigenvalue weighted by molar-refractivity contribution is 6.31. The van der Waals surface area contributed by atoms with E-state index in [1.165, 1.54) is 0 Å². The first kappa shape index (κ1) is 12.5. The zero-order valence-corrected chi connectivity index (χ0v) is 9.91. The summed E-state index contributed by atoms with van der Waals surface area (Å²) in [5, 5.41) is 10.6. The number of aliphatic hydroxyl groups is 1. The van der Waals surface area contributed by atoms with E-state index in [1.54, 1.807) is 6.07 Å². The van der Waals surface area contributed by atoms with E-state index >= 15 is 0 Å². The number of hydrogen-bond donors (Lipinski definition) is 2. The van der Waals surface area contributed by atoms with E-state index in [9.17, 15) is 5.11 Å². The molecular weight excluding hydrogens is 210 g/mol. The number of nitrogens with two attached hydrogens (primary N) is 1. The number of rotatable bonds is 4. The van der Waals surface area contributed by atoms with Gasteiger partial charge >= 0.3 is 0 Å². The van der Waals surface area contributed by atoms with Crippen LogP contribution in [0, 0.1) is 5.92 Å². The van der Waals surface area contributed by atoms with Gasteiger partial charge in [0.2, 0.25) is 0 Å². The molecule has 2 nitrogen and oxygen atoms in total. The number of halogens is 1. The fourth-order valence-electron chi connectivity index (χ4n) is 1.62. The van der Waals surface area contributed by atoms with Crippen molar-refractivity contribution in [3.05, 3.63) is 34.9 Å². The molecule has 0 radical (unpaired) electrons. The van der Waals surface area contributed by atoms with Gasteiger partial charge in [-0.05, 0) is 18.4 Å². The Bertz CT molecular complexity index is 314. The van der Waals surface area contributed by atoms with Crippen molar-refractivity contribution in [1.82, 2.24) is 0 Å². The summed E-state index contributed by atoms with van der Waals surface area (Å²) >= 11 is 5.98. The molecule has 84 valence electrons. The zero-order chi connectivity index (χ0) is 11.4. The molecule has 2 atom stereocenters. The van der Waals surface area contributed by atoms with Crippen LogP contribution < -0.4 is 5.73 Å². The first-order chi connectivity index (χ1) is 7.02. The molecule has 0 aliphatic heterocycles. The van der Waals surface area contributed by atoms with Gasteiger partial charge < -0.3 is 10.8 Å². The number of benzene rings is 1. The van der Waals surface area contributed by atoms with Gasteiger partial charge in [-0.15, -0.1) is 0 Å². The molecule has 0 saturated carbocycles. The molecule has 0 spiro atoms. The Morgan fingerprint density at radius 3 is 2.47 bits per heavy atom.